The van der Waals surface area contributed by atoms with Crippen LogP contribution in [0, 0.1) is 12.3 Å². The molecule has 2 N–H and O–H groups in total. The number of nitrogens with zero attached hydrogens (tertiary/aromatic N) is 5. The first-order valence-electron chi connectivity index (χ1n) is 13.5. The van der Waals surface area contributed by atoms with Gasteiger partial charge >= 0.3 is 5.97 Å². The molecule has 2 aliphatic heterocycles. The van der Waals surface area contributed by atoms with E-state index in [0.29, 0.717) is 29.9 Å². The van der Waals surface area contributed by atoms with Crippen molar-refractivity contribution in [1.82, 2.24) is 15.0 Å². The first-order valence-corrected chi connectivity index (χ1v) is 15.1. The molecule has 1 saturated carbocycles. The van der Waals surface area contributed by atoms with Crippen molar-refractivity contribution in [2.75, 3.05) is 58.9 Å². The van der Waals surface area contributed by atoms with Crippen LogP contribution in [0.5, 0.6) is 0 Å². The van der Waals surface area contributed by atoms with E-state index in [9.17, 15) is 26.8 Å². The maximum atomic E-state index is 13.6. The van der Waals surface area contributed by atoms with Gasteiger partial charge in [-0.2, -0.15) is 4.98 Å². The SMILES string of the molecule is COC(=O)CS(=O)(=O)Nc1cnc(C(=O)Nc2cc(C)nc(N3CCC(F)(F)CC3)n2)c(N2CCC3(CC2)CC3)c1. The van der Waals surface area contributed by atoms with Crippen LogP contribution in [0.3, 0.4) is 0 Å². The van der Waals surface area contributed by atoms with Gasteiger partial charge in [-0.05, 0) is 44.1 Å². The van der Waals surface area contributed by atoms with Gasteiger partial charge in [0.25, 0.3) is 11.8 Å². The summed E-state index contributed by atoms with van der Waals surface area (Å²) < 4.78 is 59.0. The number of pyridine rings is 1. The van der Waals surface area contributed by atoms with Crippen molar-refractivity contribution in [2.24, 2.45) is 5.41 Å². The number of halogens is 2. The molecule has 0 unspecified atom stereocenters. The van der Waals surface area contributed by atoms with Crippen LogP contribution in [0.2, 0.25) is 0 Å². The Bertz CT molecular complexity index is 1430. The molecule has 0 aromatic carbocycles. The largest absolute Gasteiger partial charge is 0.468 e. The normalized spacial score (nSPS) is 19.5. The second-order valence-electron chi connectivity index (χ2n) is 11.0. The molecule has 41 heavy (non-hydrogen) atoms. The standard InChI is InChI=1S/C26H33F2N7O5S/c1-17-13-20(32-24(30-17)35-11-7-26(27,28)8-12-35)31-23(37)22-19(34-9-5-25(3-4-25)6-10-34)14-18(15-29-22)33-41(38,39)16-21(36)40-2/h13-15,33H,3-12,16H2,1-2H3,(H,30,31,32,37). The molecule has 2 aromatic heterocycles. The van der Waals surface area contributed by atoms with Crippen LogP contribution in [0.4, 0.5) is 31.9 Å². The van der Waals surface area contributed by atoms with Crippen LogP contribution >= 0.6 is 0 Å². The molecule has 4 heterocycles. The molecule has 15 heteroatoms. The summed E-state index contributed by atoms with van der Waals surface area (Å²) in [6, 6.07) is 3.11. The minimum atomic E-state index is -4.06. The lowest BCUT2D eigenvalue weighted by molar-refractivity contribution is -0.137. The molecule has 0 bridgehead atoms. The number of aromatic nitrogens is 3. The van der Waals surface area contributed by atoms with Crippen LogP contribution in [0.1, 0.15) is 54.7 Å². The van der Waals surface area contributed by atoms with Crippen LogP contribution in [-0.2, 0) is 19.6 Å². The van der Waals surface area contributed by atoms with E-state index in [1.807, 2.05) is 4.90 Å². The summed E-state index contributed by atoms with van der Waals surface area (Å²) >= 11 is 0. The fourth-order valence-corrected chi connectivity index (χ4v) is 6.19. The van der Waals surface area contributed by atoms with Gasteiger partial charge < -0.3 is 19.9 Å². The Morgan fingerprint density at radius 1 is 1.00 bits per heavy atom. The number of aryl methyl sites for hydroxylation is 1. The Kier molecular flexibility index (Phi) is 7.74. The van der Waals surface area contributed by atoms with Gasteiger partial charge in [-0.25, -0.2) is 27.2 Å². The predicted molar refractivity (Wildman–Crippen MR) is 148 cm³/mol. The number of carbonyl (C=O) groups excluding carboxylic acids is 2. The van der Waals surface area contributed by atoms with Gasteiger partial charge in [0.15, 0.2) is 11.4 Å². The molecule has 0 radical (unpaired) electrons. The first-order chi connectivity index (χ1) is 19.4. The number of sulfonamides is 1. The molecule has 222 valence electrons. The maximum Gasteiger partial charge on any atom is 0.322 e. The summed E-state index contributed by atoms with van der Waals surface area (Å²) in [5.41, 5.74) is 1.54. The van der Waals surface area contributed by atoms with Gasteiger partial charge in [-0.3, -0.25) is 14.3 Å². The monoisotopic (exact) mass is 593 g/mol. The van der Waals surface area contributed by atoms with Crippen LogP contribution in [0.15, 0.2) is 18.3 Å². The summed E-state index contributed by atoms with van der Waals surface area (Å²) in [5, 5.41) is 2.75. The summed E-state index contributed by atoms with van der Waals surface area (Å²) in [7, 11) is -2.97. The minimum absolute atomic E-state index is 0.0723. The lowest BCUT2D eigenvalue weighted by Crippen LogP contribution is -2.40. The number of methoxy groups -OCH3 is 1. The third-order valence-corrected chi connectivity index (χ3v) is 9.04. The lowest BCUT2D eigenvalue weighted by atomic mass is 9.93. The molecule has 1 amide bonds. The fraction of sp³-hybridized carbons (Fsp3) is 0.577. The van der Waals surface area contributed by atoms with Crippen LogP contribution < -0.4 is 19.8 Å². The number of hydrogen-bond donors (Lipinski definition) is 2. The van der Waals surface area contributed by atoms with E-state index >= 15 is 0 Å². The Balaban J connectivity index is 1.38. The topological polar surface area (TPSA) is 147 Å². The van der Waals surface area contributed by atoms with E-state index < -0.39 is 33.6 Å². The third-order valence-electron chi connectivity index (χ3n) is 7.88. The summed E-state index contributed by atoms with van der Waals surface area (Å²) in [4.78, 5) is 41.8. The van der Waals surface area contributed by atoms with Crippen molar-refractivity contribution in [3.63, 3.8) is 0 Å². The van der Waals surface area contributed by atoms with Crippen molar-refractivity contribution in [1.29, 1.82) is 0 Å². The Morgan fingerprint density at radius 3 is 2.29 bits per heavy atom. The predicted octanol–water partition coefficient (Wildman–Crippen LogP) is 2.96. The van der Waals surface area contributed by atoms with Crippen LogP contribution in [0.25, 0.3) is 0 Å². The van der Waals surface area contributed by atoms with E-state index in [1.165, 1.54) is 25.1 Å². The zero-order valence-electron chi connectivity index (χ0n) is 23.0. The highest BCUT2D eigenvalue weighted by molar-refractivity contribution is 7.93. The zero-order valence-corrected chi connectivity index (χ0v) is 23.8. The molecule has 5 rings (SSSR count). The van der Waals surface area contributed by atoms with Gasteiger partial charge in [0.05, 0.1) is 24.7 Å². The average molecular weight is 594 g/mol. The van der Waals surface area contributed by atoms with Gasteiger partial charge in [0, 0.05) is 50.8 Å². The van der Waals surface area contributed by atoms with Gasteiger partial charge in [-0.15, -0.1) is 0 Å². The zero-order chi connectivity index (χ0) is 29.4. The molecular weight excluding hydrogens is 560 g/mol. The molecule has 1 aliphatic carbocycles. The average Bonchev–Trinajstić information content (AvgIpc) is 3.66. The Morgan fingerprint density at radius 2 is 1.66 bits per heavy atom. The van der Waals surface area contributed by atoms with E-state index in [2.05, 4.69) is 29.7 Å². The van der Waals surface area contributed by atoms with E-state index in [4.69, 9.17) is 0 Å². The van der Waals surface area contributed by atoms with Crippen molar-refractivity contribution < 1.29 is 31.5 Å². The van der Waals surface area contributed by atoms with E-state index in [-0.39, 0.29) is 49.1 Å². The number of anilines is 4. The molecule has 3 aliphatic rings. The summed E-state index contributed by atoms with van der Waals surface area (Å²) in [6.45, 7) is 3.27. The number of rotatable bonds is 8. The second kappa shape index (κ2) is 11.0. The number of amides is 1. The molecule has 0 atom stereocenters. The molecule has 3 fully saturated rings. The highest BCUT2D eigenvalue weighted by Gasteiger charge is 2.45. The molecule has 2 aromatic rings. The number of hydrogen-bond acceptors (Lipinski definition) is 10. The van der Waals surface area contributed by atoms with E-state index in [1.54, 1.807) is 17.9 Å². The van der Waals surface area contributed by atoms with Crippen molar-refractivity contribution >= 4 is 45.0 Å². The smallest absolute Gasteiger partial charge is 0.322 e. The first kappa shape index (κ1) is 28.9. The van der Waals surface area contributed by atoms with Gasteiger partial charge in [-0.1, -0.05) is 0 Å². The summed E-state index contributed by atoms with van der Waals surface area (Å²) in [6.07, 6.45) is 4.89. The number of ether oxygens (including phenoxy) is 1. The maximum absolute atomic E-state index is 13.6. The van der Waals surface area contributed by atoms with Crippen molar-refractivity contribution in [2.45, 2.75) is 51.4 Å². The number of alkyl halides is 2. The highest BCUT2D eigenvalue weighted by atomic mass is 32.2. The molecule has 12 nitrogen and oxygen atoms in total. The lowest BCUT2D eigenvalue weighted by Gasteiger charge is -2.34. The molecular formula is C26H33F2N7O5S. The quantitative estimate of drug-likeness (QED) is 0.438. The number of piperidine rings is 2. The minimum Gasteiger partial charge on any atom is -0.468 e. The number of carbonyl (C=O) groups is 2. The summed E-state index contributed by atoms with van der Waals surface area (Å²) in [5.74, 6) is -4.61. The fourth-order valence-electron chi connectivity index (χ4n) is 5.22. The number of esters is 1. The Hall–Kier alpha value is -3.62. The van der Waals surface area contributed by atoms with Crippen molar-refractivity contribution in [3.05, 3.63) is 29.7 Å². The van der Waals surface area contributed by atoms with Crippen LogP contribution in [-0.4, -0.2) is 80.2 Å². The van der Waals surface area contributed by atoms with Crippen molar-refractivity contribution in [3.8, 4) is 0 Å². The number of nitrogens with one attached hydrogen (secondary N) is 2. The second-order valence-corrected chi connectivity index (χ2v) is 12.7. The highest BCUT2D eigenvalue weighted by Crippen LogP contribution is 2.54. The van der Waals surface area contributed by atoms with E-state index in [0.717, 1.165) is 20.0 Å². The molecule has 1 spiro atoms. The Labute approximate surface area is 236 Å². The van der Waals surface area contributed by atoms with Gasteiger partial charge in [0.1, 0.15) is 5.82 Å². The molecule has 2 saturated heterocycles. The van der Waals surface area contributed by atoms with Gasteiger partial charge in [0.2, 0.25) is 16.0 Å². The third kappa shape index (κ3) is 7.00.